The molecule has 0 aliphatic carbocycles. The highest BCUT2D eigenvalue weighted by Gasteiger charge is 2.29. The van der Waals surface area contributed by atoms with E-state index in [4.69, 9.17) is 0 Å². The molecular weight excluding hydrogens is 272 g/mol. The molecule has 2 aliphatic heterocycles. The van der Waals surface area contributed by atoms with Gasteiger partial charge in [-0.2, -0.15) is 0 Å². The van der Waals surface area contributed by atoms with E-state index in [1.54, 1.807) is 0 Å². The summed E-state index contributed by atoms with van der Waals surface area (Å²) in [6.45, 7) is 3.41. The summed E-state index contributed by atoms with van der Waals surface area (Å²) >= 11 is 0. The zero-order chi connectivity index (χ0) is 14.9. The highest BCUT2D eigenvalue weighted by atomic mass is 16.3. The van der Waals surface area contributed by atoms with Crippen LogP contribution in [0.5, 0.6) is 0 Å². The predicted molar refractivity (Wildman–Crippen MR) is 90.1 cm³/mol. The summed E-state index contributed by atoms with van der Waals surface area (Å²) in [6.07, 6.45) is 2.38. The Hall–Kier alpha value is -1.84. The number of nitrogens with zero attached hydrogens (tertiary/aromatic N) is 1. The van der Waals surface area contributed by atoms with Crippen LogP contribution in [-0.4, -0.2) is 30.8 Å². The van der Waals surface area contributed by atoms with E-state index in [2.05, 4.69) is 40.5 Å². The summed E-state index contributed by atoms with van der Waals surface area (Å²) in [4.78, 5) is 2.57. The first-order valence-electron chi connectivity index (χ1n) is 8.15. The normalized spacial score (nSPS) is 20.4. The average Bonchev–Trinajstić information content (AvgIpc) is 2.75. The molecule has 22 heavy (non-hydrogen) atoms. The summed E-state index contributed by atoms with van der Waals surface area (Å²) in [5.41, 5.74) is 6.30. The van der Waals surface area contributed by atoms with Crippen LogP contribution in [0.25, 0.3) is 11.1 Å². The Morgan fingerprint density at radius 1 is 1.09 bits per heavy atom. The first kappa shape index (κ1) is 13.8. The Bertz CT molecular complexity index is 683. The highest BCUT2D eigenvalue weighted by molar-refractivity contribution is 5.71. The van der Waals surface area contributed by atoms with Gasteiger partial charge in [-0.25, -0.2) is 0 Å². The minimum absolute atomic E-state index is 0.0988. The molecule has 0 bridgehead atoms. The molecule has 1 saturated heterocycles. The van der Waals surface area contributed by atoms with Crippen molar-refractivity contribution in [2.45, 2.75) is 25.5 Å². The Labute approximate surface area is 131 Å². The Balaban J connectivity index is 1.68. The molecular formula is C19H22N2O. The van der Waals surface area contributed by atoms with Crippen LogP contribution >= 0.6 is 0 Å². The minimum Gasteiger partial charge on any atom is -0.392 e. The Morgan fingerprint density at radius 3 is 2.91 bits per heavy atom. The average molecular weight is 294 g/mol. The number of aliphatic hydroxyl groups is 1. The van der Waals surface area contributed by atoms with Gasteiger partial charge in [0.25, 0.3) is 0 Å². The van der Waals surface area contributed by atoms with Gasteiger partial charge in [-0.3, -0.25) is 0 Å². The summed E-state index contributed by atoms with van der Waals surface area (Å²) in [7, 11) is 0. The van der Waals surface area contributed by atoms with E-state index >= 15 is 0 Å². The van der Waals surface area contributed by atoms with Crippen molar-refractivity contribution in [1.29, 1.82) is 0 Å². The molecule has 1 fully saturated rings. The van der Waals surface area contributed by atoms with E-state index in [1.807, 2.05) is 12.1 Å². The number of fused-ring (bicyclic) bond motifs is 3. The third kappa shape index (κ3) is 2.40. The summed E-state index contributed by atoms with van der Waals surface area (Å²) in [6, 6.07) is 15.7. The second-order valence-corrected chi connectivity index (χ2v) is 6.29. The molecule has 2 aromatic carbocycles. The van der Waals surface area contributed by atoms with Crippen molar-refractivity contribution >= 4 is 5.69 Å². The number of nitrogens with one attached hydrogen (secondary N) is 1. The van der Waals surface area contributed by atoms with E-state index in [0.29, 0.717) is 6.04 Å². The Kier molecular flexibility index (Phi) is 3.60. The van der Waals surface area contributed by atoms with Crippen LogP contribution in [0.3, 0.4) is 0 Å². The fraction of sp³-hybridized carbons (Fsp3) is 0.368. The van der Waals surface area contributed by atoms with Gasteiger partial charge in [0.05, 0.1) is 6.61 Å². The van der Waals surface area contributed by atoms with Crippen LogP contribution in [0.15, 0.2) is 42.5 Å². The molecule has 0 saturated carbocycles. The van der Waals surface area contributed by atoms with Gasteiger partial charge in [-0.15, -0.1) is 0 Å². The van der Waals surface area contributed by atoms with E-state index in [1.165, 1.54) is 28.8 Å². The molecule has 0 radical (unpaired) electrons. The number of anilines is 1. The fourth-order valence-electron chi connectivity index (χ4n) is 3.77. The molecule has 3 nitrogen and oxygen atoms in total. The number of rotatable bonds is 2. The van der Waals surface area contributed by atoms with E-state index in [9.17, 15) is 5.11 Å². The molecule has 2 heterocycles. The molecule has 114 valence electrons. The topological polar surface area (TPSA) is 35.5 Å². The maximum atomic E-state index is 9.32. The van der Waals surface area contributed by atoms with Crippen LogP contribution in [0.4, 0.5) is 5.69 Å². The molecule has 0 amide bonds. The van der Waals surface area contributed by atoms with Gasteiger partial charge in [0.1, 0.15) is 0 Å². The Morgan fingerprint density at radius 2 is 2.00 bits per heavy atom. The number of hydrogen-bond donors (Lipinski definition) is 2. The maximum absolute atomic E-state index is 9.32. The molecule has 2 aromatic rings. The smallest absolute Gasteiger partial charge is 0.0682 e. The standard InChI is InChI=1S/C19H22N2O/c22-13-14-2-1-3-15(10-14)16-4-5-19-17(11-16)12-18-6-7-20-8-9-21(18)19/h1-5,10-11,18,20,22H,6-9,12-13H2. The van der Waals surface area contributed by atoms with Crippen molar-refractivity contribution in [2.75, 3.05) is 24.5 Å². The van der Waals surface area contributed by atoms with Crippen LogP contribution in [0, 0.1) is 0 Å². The number of hydrogen-bond acceptors (Lipinski definition) is 3. The quantitative estimate of drug-likeness (QED) is 0.893. The molecule has 3 heteroatoms. The second-order valence-electron chi connectivity index (χ2n) is 6.29. The number of benzene rings is 2. The van der Waals surface area contributed by atoms with E-state index < -0.39 is 0 Å². The molecule has 0 aromatic heterocycles. The third-order valence-corrected chi connectivity index (χ3v) is 4.91. The SMILES string of the molecule is OCc1cccc(-c2ccc3c(c2)CC2CCNCCN32)c1. The van der Waals surface area contributed by atoms with Crippen LogP contribution in [0.1, 0.15) is 17.5 Å². The lowest BCUT2D eigenvalue weighted by atomic mass is 9.99. The van der Waals surface area contributed by atoms with E-state index in [-0.39, 0.29) is 6.61 Å². The monoisotopic (exact) mass is 294 g/mol. The lowest BCUT2D eigenvalue weighted by Gasteiger charge is -2.24. The van der Waals surface area contributed by atoms with Crippen molar-refractivity contribution in [3.8, 4) is 11.1 Å². The van der Waals surface area contributed by atoms with Gasteiger partial charge in [0.2, 0.25) is 0 Å². The van der Waals surface area contributed by atoms with Crippen LogP contribution in [-0.2, 0) is 13.0 Å². The molecule has 1 atom stereocenters. The third-order valence-electron chi connectivity index (χ3n) is 4.91. The summed E-state index contributed by atoms with van der Waals surface area (Å²) < 4.78 is 0. The number of aliphatic hydroxyl groups excluding tert-OH is 1. The summed E-state index contributed by atoms with van der Waals surface area (Å²) in [5, 5.41) is 12.8. The maximum Gasteiger partial charge on any atom is 0.0682 e. The lowest BCUT2D eigenvalue weighted by Crippen LogP contribution is -2.32. The minimum atomic E-state index is 0.0988. The van der Waals surface area contributed by atoms with Gasteiger partial charge < -0.3 is 15.3 Å². The first-order valence-corrected chi connectivity index (χ1v) is 8.15. The molecule has 0 spiro atoms. The highest BCUT2D eigenvalue weighted by Crippen LogP contribution is 2.36. The fourth-order valence-corrected chi connectivity index (χ4v) is 3.77. The predicted octanol–water partition coefficient (Wildman–Crippen LogP) is 2.57. The van der Waals surface area contributed by atoms with Crippen molar-refractivity contribution in [1.82, 2.24) is 5.32 Å². The van der Waals surface area contributed by atoms with E-state index in [0.717, 1.165) is 31.6 Å². The van der Waals surface area contributed by atoms with Crippen molar-refractivity contribution in [3.05, 3.63) is 53.6 Å². The van der Waals surface area contributed by atoms with Gasteiger partial charge >= 0.3 is 0 Å². The zero-order valence-corrected chi connectivity index (χ0v) is 12.8. The van der Waals surface area contributed by atoms with Gasteiger partial charge in [0, 0.05) is 24.8 Å². The van der Waals surface area contributed by atoms with Gasteiger partial charge in [0.15, 0.2) is 0 Å². The molecule has 2 N–H and O–H groups in total. The summed E-state index contributed by atoms with van der Waals surface area (Å²) in [5.74, 6) is 0. The van der Waals surface area contributed by atoms with Crippen molar-refractivity contribution < 1.29 is 5.11 Å². The second kappa shape index (κ2) is 5.75. The van der Waals surface area contributed by atoms with Crippen molar-refractivity contribution in [3.63, 3.8) is 0 Å². The first-order chi connectivity index (χ1) is 10.8. The van der Waals surface area contributed by atoms with Gasteiger partial charge in [-0.1, -0.05) is 24.3 Å². The molecule has 4 rings (SSSR count). The van der Waals surface area contributed by atoms with Crippen molar-refractivity contribution in [2.24, 2.45) is 0 Å². The van der Waals surface area contributed by atoms with Gasteiger partial charge in [-0.05, 0) is 59.8 Å². The molecule has 1 unspecified atom stereocenters. The largest absolute Gasteiger partial charge is 0.392 e. The zero-order valence-electron chi connectivity index (χ0n) is 12.8. The lowest BCUT2D eigenvalue weighted by molar-refractivity contribution is 0.282. The van der Waals surface area contributed by atoms with Crippen LogP contribution < -0.4 is 10.2 Å². The van der Waals surface area contributed by atoms with Crippen LogP contribution in [0.2, 0.25) is 0 Å². The molecule has 2 aliphatic rings.